The molecule has 1 aromatic heterocycles. The minimum Gasteiger partial charge on any atom is -0.368 e. The van der Waals surface area contributed by atoms with Crippen LogP contribution in [0.15, 0.2) is 24.5 Å². The molecule has 3 heterocycles. The molecule has 1 atom stereocenters. The number of fused-ring (bicyclic) bond motifs is 1. The van der Waals surface area contributed by atoms with Gasteiger partial charge in [-0.05, 0) is 31.0 Å². The number of carbonyl (C=O) groups excluding carboxylic acids is 2. The molecule has 0 unspecified atom stereocenters. The van der Waals surface area contributed by atoms with Crippen molar-refractivity contribution in [3.8, 4) is 0 Å². The molecule has 2 aliphatic rings. The van der Waals surface area contributed by atoms with E-state index in [0.29, 0.717) is 38.3 Å². The Labute approximate surface area is 139 Å². The van der Waals surface area contributed by atoms with Crippen molar-refractivity contribution < 1.29 is 14.3 Å². The second kappa shape index (κ2) is 6.24. The lowest BCUT2D eigenvalue weighted by molar-refractivity contribution is -0.142. The zero-order valence-electron chi connectivity index (χ0n) is 13.4. The Bertz CT molecular complexity index is 758. The minimum absolute atomic E-state index is 0.00397. The van der Waals surface area contributed by atoms with E-state index in [-0.39, 0.29) is 17.9 Å². The van der Waals surface area contributed by atoms with Crippen molar-refractivity contribution in [1.82, 2.24) is 19.8 Å². The molecule has 7 nitrogen and oxygen atoms in total. The van der Waals surface area contributed by atoms with Crippen molar-refractivity contribution in [2.45, 2.75) is 18.9 Å². The Morgan fingerprint density at radius 3 is 2.71 bits per heavy atom. The second-order valence-electron chi connectivity index (χ2n) is 6.25. The first-order valence-electron chi connectivity index (χ1n) is 8.35. The molecule has 2 aliphatic heterocycles. The molecule has 126 valence electrons. The minimum atomic E-state index is -0.282. The van der Waals surface area contributed by atoms with Crippen molar-refractivity contribution in [2.75, 3.05) is 32.8 Å². The number of imidazole rings is 1. The highest BCUT2D eigenvalue weighted by molar-refractivity contribution is 5.97. The van der Waals surface area contributed by atoms with Crippen LogP contribution in [-0.4, -0.2) is 70.5 Å². The quantitative estimate of drug-likeness (QED) is 0.893. The zero-order valence-corrected chi connectivity index (χ0v) is 13.4. The molecule has 24 heavy (non-hydrogen) atoms. The standard InChI is InChI=1S/C17H20N4O3/c22-16(12-3-4-13-14(10-12)19-11-18-13)20-5-7-21(8-6-20)17(23)15-2-1-9-24-15/h3-4,10-11,15H,1-2,5-9H2,(H,18,19)/t15-/m1/s1. The number of benzene rings is 1. The predicted molar refractivity (Wildman–Crippen MR) is 87.6 cm³/mol. The predicted octanol–water partition coefficient (Wildman–Crippen LogP) is 1.03. The van der Waals surface area contributed by atoms with Crippen LogP contribution in [0.5, 0.6) is 0 Å². The summed E-state index contributed by atoms with van der Waals surface area (Å²) in [5.74, 6) is 0.0641. The number of nitrogens with one attached hydrogen (secondary N) is 1. The number of ether oxygens (including phenoxy) is 1. The van der Waals surface area contributed by atoms with Crippen molar-refractivity contribution in [1.29, 1.82) is 0 Å². The van der Waals surface area contributed by atoms with E-state index in [2.05, 4.69) is 9.97 Å². The number of aromatic amines is 1. The fourth-order valence-electron chi connectivity index (χ4n) is 3.36. The maximum atomic E-state index is 12.7. The fourth-order valence-corrected chi connectivity index (χ4v) is 3.36. The van der Waals surface area contributed by atoms with Gasteiger partial charge in [0.05, 0.1) is 17.4 Å². The molecule has 0 spiro atoms. The highest BCUT2D eigenvalue weighted by Crippen LogP contribution is 2.18. The summed E-state index contributed by atoms with van der Waals surface area (Å²) in [6, 6.07) is 5.47. The van der Waals surface area contributed by atoms with E-state index in [1.807, 2.05) is 17.0 Å². The van der Waals surface area contributed by atoms with E-state index in [9.17, 15) is 9.59 Å². The van der Waals surface area contributed by atoms with E-state index < -0.39 is 0 Å². The maximum Gasteiger partial charge on any atom is 0.254 e. The summed E-state index contributed by atoms with van der Waals surface area (Å²) < 4.78 is 5.46. The van der Waals surface area contributed by atoms with Gasteiger partial charge < -0.3 is 19.5 Å². The summed E-state index contributed by atoms with van der Waals surface area (Å²) in [6.45, 7) is 2.91. The van der Waals surface area contributed by atoms with Gasteiger partial charge in [-0.3, -0.25) is 9.59 Å². The monoisotopic (exact) mass is 328 g/mol. The Morgan fingerprint density at radius 2 is 1.96 bits per heavy atom. The van der Waals surface area contributed by atoms with Gasteiger partial charge in [-0.15, -0.1) is 0 Å². The molecule has 2 aromatic rings. The van der Waals surface area contributed by atoms with Crippen LogP contribution in [-0.2, 0) is 9.53 Å². The molecule has 1 aromatic carbocycles. The lowest BCUT2D eigenvalue weighted by Gasteiger charge is -2.35. The SMILES string of the molecule is O=C(c1ccc2nc[nH]c2c1)N1CCN(C(=O)[C@H]2CCCO2)CC1. The van der Waals surface area contributed by atoms with Crippen LogP contribution >= 0.6 is 0 Å². The normalized spacial score (nSPS) is 21.4. The second-order valence-corrected chi connectivity index (χ2v) is 6.25. The highest BCUT2D eigenvalue weighted by atomic mass is 16.5. The number of hydrogen-bond donors (Lipinski definition) is 1. The Morgan fingerprint density at radius 1 is 1.17 bits per heavy atom. The molecule has 4 rings (SSSR count). The average molecular weight is 328 g/mol. The Balaban J connectivity index is 1.39. The third-order valence-corrected chi connectivity index (χ3v) is 4.75. The molecule has 2 amide bonds. The average Bonchev–Trinajstić information content (AvgIpc) is 3.31. The number of amides is 2. The van der Waals surface area contributed by atoms with Gasteiger partial charge in [0.15, 0.2) is 0 Å². The van der Waals surface area contributed by atoms with Gasteiger partial charge in [-0.2, -0.15) is 0 Å². The highest BCUT2D eigenvalue weighted by Gasteiger charge is 2.31. The van der Waals surface area contributed by atoms with Crippen LogP contribution in [0.2, 0.25) is 0 Å². The third kappa shape index (κ3) is 2.75. The third-order valence-electron chi connectivity index (χ3n) is 4.75. The van der Waals surface area contributed by atoms with Gasteiger partial charge in [0.25, 0.3) is 11.8 Å². The molecular formula is C17H20N4O3. The van der Waals surface area contributed by atoms with Gasteiger partial charge >= 0.3 is 0 Å². The summed E-state index contributed by atoms with van der Waals surface area (Å²) >= 11 is 0. The molecule has 0 bridgehead atoms. The van der Waals surface area contributed by atoms with Crippen LogP contribution < -0.4 is 0 Å². The van der Waals surface area contributed by atoms with Crippen molar-refractivity contribution in [3.05, 3.63) is 30.1 Å². The number of hydrogen-bond acceptors (Lipinski definition) is 4. The maximum absolute atomic E-state index is 12.7. The first kappa shape index (κ1) is 15.1. The van der Waals surface area contributed by atoms with Crippen molar-refractivity contribution in [2.24, 2.45) is 0 Å². The van der Waals surface area contributed by atoms with Crippen LogP contribution in [0.4, 0.5) is 0 Å². The van der Waals surface area contributed by atoms with E-state index in [4.69, 9.17) is 4.74 Å². The van der Waals surface area contributed by atoms with E-state index in [1.165, 1.54) is 0 Å². The van der Waals surface area contributed by atoms with Gasteiger partial charge in [0, 0.05) is 38.3 Å². The molecule has 0 radical (unpaired) electrons. The van der Waals surface area contributed by atoms with E-state index in [1.54, 1.807) is 17.3 Å². The van der Waals surface area contributed by atoms with Crippen molar-refractivity contribution >= 4 is 22.8 Å². The molecule has 2 saturated heterocycles. The molecule has 2 fully saturated rings. The summed E-state index contributed by atoms with van der Waals surface area (Å²) in [4.78, 5) is 35.8. The Kier molecular flexibility index (Phi) is 3.93. The summed E-state index contributed by atoms with van der Waals surface area (Å²) in [5.41, 5.74) is 2.34. The van der Waals surface area contributed by atoms with Crippen molar-refractivity contribution in [3.63, 3.8) is 0 Å². The number of carbonyl (C=O) groups is 2. The summed E-state index contributed by atoms with van der Waals surface area (Å²) in [5, 5.41) is 0. The van der Waals surface area contributed by atoms with Crippen LogP contribution in [0.3, 0.4) is 0 Å². The van der Waals surface area contributed by atoms with Gasteiger partial charge in [0.1, 0.15) is 6.10 Å². The first-order chi connectivity index (χ1) is 11.7. The van der Waals surface area contributed by atoms with Gasteiger partial charge in [-0.25, -0.2) is 4.98 Å². The van der Waals surface area contributed by atoms with Gasteiger partial charge in [0.2, 0.25) is 0 Å². The smallest absolute Gasteiger partial charge is 0.254 e. The Hall–Kier alpha value is -2.41. The number of aromatic nitrogens is 2. The van der Waals surface area contributed by atoms with Crippen LogP contribution in [0, 0.1) is 0 Å². The topological polar surface area (TPSA) is 78.5 Å². The van der Waals surface area contributed by atoms with Crippen LogP contribution in [0.1, 0.15) is 23.2 Å². The molecule has 7 heteroatoms. The molecule has 0 saturated carbocycles. The largest absolute Gasteiger partial charge is 0.368 e. The first-order valence-corrected chi connectivity index (χ1v) is 8.35. The van der Waals surface area contributed by atoms with Crippen LogP contribution in [0.25, 0.3) is 11.0 Å². The number of rotatable bonds is 2. The molecular weight excluding hydrogens is 308 g/mol. The molecule has 0 aliphatic carbocycles. The lowest BCUT2D eigenvalue weighted by atomic mass is 10.1. The number of H-pyrrole nitrogens is 1. The zero-order chi connectivity index (χ0) is 16.5. The lowest BCUT2D eigenvalue weighted by Crippen LogP contribution is -2.52. The van der Waals surface area contributed by atoms with E-state index >= 15 is 0 Å². The summed E-state index contributed by atoms with van der Waals surface area (Å²) in [7, 11) is 0. The summed E-state index contributed by atoms with van der Waals surface area (Å²) in [6.07, 6.45) is 3.09. The van der Waals surface area contributed by atoms with E-state index in [0.717, 1.165) is 23.9 Å². The van der Waals surface area contributed by atoms with Gasteiger partial charge in [-0.1, -0.05) is 0 Å². The number of piperazine rings is 1. The molecule has 1 N–H and O–H groups in total. The number of nitrogens with zero attached hydrogens (tertiary/aromatic N) is 3. The fraction of sp³-hybridized carbons (Fsp3) is 0.471.